The van der Waals surface area contributed by atoms with Crippen molar-refractivity contribution >= 4 is 17.4 Å². The SMILES string of the molecule is COc1ccc2c(c1)N(CCOCC(F)(F)F)C(=O)C2=O. The van der Waals surface area contributed by atoms with E-state index < -0.39 is 24.5 Å². The van der Waals surface area contributed by atoms with Gasteiger partial charge in [0, 0.05) is 12.6 Å². The molecule has 1 aliphatic heterocycles. The predicted molar refractivity (Wildman–Crippen MR) is 66.6 cm³/mol. The highest BCUT2D eigenvalue weighted by molar-refractivity contribution is 6.52. The van der Waals surface area contributed by atoms with Crippen LogP contribution < -0.4 is 9.64 Å². The zero-order chi connectivity index (χ0) is 15.6. The minimum atomic E-state index is -4.42. The topological polar surface area (TPSA) is 55.8 Å². The van der Waals surface area contributed by atoms with Gasteiger partial charge in [-0.25, -0.2) is 0 Å². The number of fused-ring (bicyclic) bond motifs is 1. The van der Waals surface area contributed by atoms with Crippen LogP contribution in [0.4, 0.5) is 18.9 Å². The number of rotatable bonds is 5. The number of nitrogens with zero attached hydrogens (tertiary/aromatic N) is 1. The second kappa shape index (κ2) is 5.72. The summed E-state index contributed by atoms with van der Waals surface area (Å²) < 4.78 is 45.3. The standard InChI is InChI=1S/C13H12F3NO4/c1-20-8-2-3-9-10(6-8)17(12(19)11(9)18)4-5-21-7-13(14,15)16/h2-3,6H,4-5,7H2,1H3. The van der Waals surface area contributed by atoms with E-state index in [0.29, 0.717) is 11.4 Å². The van der Waals surface area contributed by atoms with Gasteiger partial charge in [0.15, 0.2) is 0 Å². The Bertz CT molecular complexity index is 571. The van der Waals surface area contributed by atoms with Crippen LogP contribution in [-0.4, -0.2) is 44.7 Å². The maximum atomic E-state index is 12.0. The molecule has 0 unspecified atom stereocenters. The Morgan fingerprint density at radius 2 is 1.95 bits per heavy atom. The number of benzene rings is 1. The number of carbonyl (C=O) groups excluding carboxylic acids is 2. The van der Waals surface area contributed by atoms with Gasteiger partial charge < -0.3 is 14.4 Å². The molecule has 0 spiro atoms. The van der Waals surface area contributed by atoms with Crippen molar-refractivity contribution in [1.82, 2.24) is 0 Å². The zero-order valence-corrected chi connectivity index (χ0v) is 11.1. The van der Waals surface area contributed by atoms with E-state index in [1.54, 1.807) is 0 Å². The molecule has 0 radical (unpaired) electrons. The summed E-state index contributed by atoms with van der Waals surface area (Å²) in [5.74, 6) is -1.03. The summed E-state index contributed by atoms with van der Waals surface area (Å²) >= 11 is 0. The molecule has 8 heteroatoms. The fraction of sp³-hybridized carbons (Fsp3) is 0.385. The van der Waals surface area contributed by atoms with Gasteiger partial charge in [-0.15, -0.1) is 0 Å². The second-order valence-corrected chi connectivity index (χ2v) is 4.34. The molecule has 2 rings (SSSR count). The lowest BCUT2D eigenvalue weighted by Crippen LogP contribution is -2.33. The van der Waals surface area contributed by atoms with Crippen LogP contribution in [0.15, 0.2) is 18.2 Å². The van der Waals surface area contributed by atoms with Crippen LogP contribution in [0, 0.1) is 0 Å². The summed E-state index contributed by atoms with van der Waals surface area (Å²) in [6, 6.07) is 4.47. The van der Waals surface area contributed by atoms with Crippen LogP contribution in [0.2, 0.25) is 0 Å². The third kappa shape index (κ3) is 3.33. The summed E-state index contributed by atoms with van der Waals surface area (Å²) in [5, 5.41) is 0. The normalized spacial score (nSPS) is 14.6. The summed E-state index contributed by atoms with van der Waals surface area (Å²) in [6.45, 7) is -1.86. The number of ether oxygens (including phenoxy) is 2. The zero-order valence-electron chi connectivity index (χ0n) is 11.1. The van der Waals surface area contributed by atoms with Crippen molar-refractivity contribution in [3.63, 3.8) is 0 Å². The number of alkyl halides is 3. The van der Waals surface area contributed by atoms with E-state index in [4.69, 9.17) is 4.74 Å². The van der Waals surface area contributed by atoms with Gasteiger partial charge in [0.25, 0.3) is 11.7 Å². The lowest BCUT2D eigenvalue weighted by molar-refractivity contribution is -0.173. The van der Waals surface area contributed by atoms with Gasteiger partial charge >= 0.3 is 6.18 Å². The molecule has 1 amide bonds. The smallest absolute Gasteiger partial charge is 0.411 e. The summed E-state index contributed by atoms with van der Waals surface area (Å²) in [6.07, 6.45) is -4.42. The van der Waals surface area contributed by atoms with E-state index in [1.807, 2.05) is 0 Å². The molecule has 0 fully saturated rings. The molecule has 1 aliphatic rings. The van der Waals surface area contributed by atoms with E-state index in [-0.39, 0.29) is 18.7 Å². The van der Waals surface area contributed by atoms with Crippen LogP contribution in [0.5, 0.6) is 5.75 Å². The van der Waals surface area contributed by atoms with Crippen LogP contribution in [0.3, 0.4) is 0 Å². The first-order valence-corrected chi connectivity index (χ1v) is 6.02. The molecule has 0 saturated heterocycles. The molecule has 0 saturated carbocycles. The number of Topliss-reactive ketones (excluding diaryl/α,β-unsaturated/α-hetero) is 1. The fourth-order valence-electron chi connectivity index (χ4n) is 1.97. The fourth-order valence-corrected chi connectivity index (χ4v) is 1.97. The summed E-state index contributed by atoms with van der Waals surface area (Å²) in [7, 11) is 1.43. The van der Waals surface area contributed by atoms with E-state index in [2.05, 4.69) is 4.74 Å². The maximum absolute atomic E-state index is 12.0. The van der Waals surface area contributed by atoms with Crippen molar-refractivity contribution in [3.8, 4) is 5.75 Å². The van der Waals surface area contributed by atoms with E-state index in [0.717, 1.165) is 4.90 Å². The van der Waals surface area contributed by atoms with Crippen molar-refractivity contribution in [2.24, 2.45) is 0 Å². The van der Waals surface area contributed by atoms with Gasteiger partial charge in [-0.1, -0.05) is 0 Å². The van der Waals surface area contributed by atoms with Gasteiger partial charge in [0.1, 0.15) is 12.4 Å². The second-order valence-electron chi connectivity index (χ2n) is 4.34. The minimum absolute atomic E-state index is 0.138. The van der Waals surface area contributed by atoms with E-state index >= 15 is 0 Å². The molecule has 1 aromatic carbocycles. The molecule has 0 N–H and O–H groups in total. The third-order valence-corrected chi connectivity index (χ3v) is 2.90. The minimum Gasteiger partial charge on any atom is -0.497 e. The number of halogens is 3. The quantitative estimate of drug-likeness (QED) is 0.615. The molecule has 0 aromatic heterocycles. The summed E-state index contributed by atoms with van der Waals surface area (Å²) in [5.41, 5.74) is 0.525. The van der Waals surface area contributed by atoms with Gasteiger partial charge in [-0.3, -0.25) is 9.59 Å². The maximum Gasteiger partial charge on any atom is 0.411 e. The third-order valence-electron chi connectivity index (χ3n) is 2.90. The lowest BCUT2D eigenvalue weighted by atomic mass is 10.1. The Balaban J connectivity index is 2.07. The first kappa shape index (κ1) is 15.3. The van der Waals surface area contributed by atoms with Crippen molar-refractivity contribution in [3.05, 3.63) is 23.8 Å². The van der Waals surface area contributed by atoms with Gasteiger partial charge in [-0.05, 0) is 12.1 Å². The molecule has 1 heterocycles. The van der Waals surface area contributed by atoms with Gasteiger partial charge in [-0.2, -0.15) is 13.2 Å². The van der Waals surface area contributed by atoms with E-state index in [9.17, 15) is 22.8 Å². The molecule has 5 nitrogen and oxygen atoms in total. The number of hydrogen-bond donors (Lipinski definition) is 0. The Labute approximate surface area is 118 Å². The Kier molecular flexibility index (Phi) is 4.17. The molecule has 0 bridgehead atoms. The summed E-state index contributed by atoms with van der Waals surface area (Å²) in [4.78, 5) is 24.7. The molecular weight excluding hydrogens is 291 g/mol. The van der Waals surface area contributed by atoms with Crippen molar-refractivity contribution in [1.29, 1.82) is 0 Å². The van der Waals surface area contributed by atoms with Crippen LogP contribution >= 0.6 is 0 Å². The monoisotopic (exact) mass is 303 g/mol. The first-order chi connectivity index (χ1) is 9.83. The first-order valence-electron chi connectivity index (χ1n) is 6.02. The molecule has 21 heavy (non-hydrogen) atoms. The van der Waals surface area contributed by atoms with Crippen molar-refractivity contribution in [2.45, 2.75) is 6.18 Å². The Hall–Kier alpha value is -2.09. The average molecular weight is 303 g/mol. The predicted octanol–water partition coefficient (Wildman–Crippen LogP) is 1.80. The Morgan fingerprint density at radius 3 is 2.57 bits per heavy atom. The molecular formula is C13H12F3NO4. The molecule has 0 atom stereocenters. The van der Waals surface area contributed by atoms with Gasteiger partial charge in [0.2, 0.25) is 0 Å². The van der Waals surface area contributed by atoms with E-state index in [1.165, 1.54) is 25.3 Å². The number of amides is 1. The van der Waals surface area contributed by atoms with Crippen LogP contribution in [0.1, 0.15) is 10.4 Å². The molecule has 114 valence electrons. The number of ketones is 1. The van der Waals surface area contributed by atoms with Crippen LogP contribution in [0.25, 0.3) is 0 Å². The molecule has 1 aromatic rings. The highest BCUT2D eigenvalue weighted by atomic mass is 19.4. The van der Waals surface area contributed by atoms with Crippen molar-refractivity contribution in [2.75, 3.05) is 31.8 Å². The van der Waals surface area contributed by atoms with Crippen LogP contribution in [-0.2, 0) is 9.53 Å². The lowest BCUT2D eigenvalue weighted by Gasteiger charge is -2.17. The van der Waals surface area contributed by atoms with Crippen molar-refractivity contribution < 1.29 is 32.2 Å². The highest BCUT2D eigenvalue weighted by Crippen LogP contribution is 2.32. The molecule has 0 aliphatic carbocycles. The number of hydrogen-bond acceptors (Lipinski definition) is 4. The number of carbonyl (C=O) groups is 2. The average Bonchev–Trinajstić information content (AvgIpc) is 2.66. The number of methoxy groups -OCH3 is 1. The largest absolute Gasteiger partial charge is 0.497 e. The Morgan fingerprint density at radius 1 is 1.24 bits per heavy atom. The van der Waals surface area contributed by atoms with Gasteiger partial charge in [0.05, 0.1) is 25.0 Å². The highest BCUT2D eigenvalue weighted by Gasteiger charge is 2.36. The number of anilines is 1.